The van der Waals surface area contributed by atoms with Crippen LogP contribution in [0.3, 0.4) is 0 Å². The normalized spacial score (nSPS) is 11.3. The first-order valence-corrected chi connectivity index (χ1v) is 13.6. The van der Waals surface area contributed by atoms with Crippen LogP contribution in [0.15, 0.2) is 130 Å². The molecule has 0 N–H and O–H groups in total. The lowest BCUT2D eigenvalue weighted by Gasteiger charge is -2.15. The van der Waals surface area contributed by atoms with Gasteiger partial charge >= 0.3 is 0 Å². The van der Waals surface area contributed by atoms with Gasteiger partial charge in [0.1, 0.15) is 22.3 Å². The molecular weight excluding hydrogens is 516 g/mol. The summed E-state index contributed by atoms with van der Waals surface area (Å²) in [5, 5.41) is 23.6. The van der Waals surface area contributed by atoms with Crippen molar-refractivity contribution in [3.05, 3.63) is 132 Å². The summed E-state index contributed by atoms with van der Waals surface area (Å²) in [6.45, 7) is 0. The van der Waals surface area contributed by atoms with Crippen molar-refractivity contribution < 1.29 is 8.83 Å². The van der Waals surface area contributed by atoms with Crippen LogP contribution in [0.4, 0.5) is 0 Å². The van der Waals surface area contributed by atoms with Gasteiger partial charge in [-0.15, -0.1) is 0 Å². The molecule has 4 heteroatoms. The van der Waals surface area contributed by atoms with Gasteiger partial charge in [-0.2, -0.15) is 10.5 Å². The number of nitriles is 2. The van der Waals surface area contributed by atoms with E-state index in [4.69, 9.17) is 8.83 Å². The van der Waals surface area contributed by atoms with Crippen molar-refractivity contribution in [3.63, 3.8) is 0 Å². The summed E-state index contributed by atoms with van der Waals surface area (Å²) < 4.78 is 12.4. The second-order valence-corrected chi connectivity index (χ2v) is 10.3. The molecule has 0 amide bonds. The van der Waals surface area contributed by atoms with Gasteiger partial charge in [0.25, 0.3) is 0 Å². The Morgan fingerprint density at radius 2 is 1.14 bits per heavy atom. The molecule has 42 heavy (non-hydrogen) atoms. The Balaban J connectivity index is 1.39. The number of benzene rings is 6. The van der Waals surface area contributed by atoms with Gasteiger partial charge in [0.2, 0.25) is 0 Å². The Hall–Kier alpha value is -6.10. The predicted octanol–water partition coefficient (Wildman–Crippen LogP) is 10.2. The quantitative estimate of drug-likeness (QED) is 0.225. The Bertz CT molecular complexity index is 2450. The SMILES string of the molecule is N#Cc1ccc2oc3cccc(-c4ccc(-c5ccc6c(c5)oc5ccccc56)c(-c5ccccc5C#N)c4)c3c2c1. The second kappa shape index (κ2) is 9.24. The largest absolute Gasteiger partial charge is 0.456 e. The number of fused-ring (bicyclic) bond motifs is 6. The fourth-order valence-electron chi connectivity index (χ4n) is 6.03. The van der Waals surface area contributed by atoms with E-state index in [1.165, 1.54) is 0 Å². The van der Waals surface area contributed by atoms with Crippen molar-refractivity contribution in [2.24, 2.45) is 0 Å². The Labute approximate surface area is 240 Å². The molecular formula is C38H20N2O2. The van der Waals surface area contributed by atoms with Gasteiger partial charge in [-0.25, -0.2) is 0 Å². The van der Waals surface area contributed by atoms with E-state index in [1.54, 1.807) is 6.07 Å². The smallest absolute Gasteiger partial charge is 0.136 e. The van der Waals surface area contributed by atoms with Crippen molar-refractivity contribution in [1.82, 2.24) is 0 Å². The maximum atomic E-state index is 10.0. The van der Waals surface area contributed by atoms with Crippen LogP contribution >= 0.6 is 0 Å². The molecule has 0 bridgehead atoms. The molecule has 8 aromatic rings. The summed E-state index contributed by atoms with van der Waals surface area (Å²) >= 11 is 0. The lowest BCUT2D eigenvalue weighted by atomic mass is 9.88. The van der Waals surface area contributed by atoms with Crippen LogP contribution in [0.2, 0.25) is 0 Å². The third-order valence-corrected chi connectivity index (χ3v) is 7.98. The van der Waals surface area contributed by atoms with Gasteiger partial charge in [0.15, 0.2) is 0 Å². The molecule has 0 saturated heterocycles. The maximum Gasteiger partial charge on any atom is 0.136 e. The molecule has 2 heterocycles. The third-order valence-electron chi connectivity index (χ3n) is 7.98. The fourth-order valence-corrected chi connectivity index (χ4v) is 6.03. The van der Waals surface area contributed by atoms with Crippen molar-refractivity contribution in [1.29, 1.82) is 10.5 Å². The minimum atomic E-state index is 0.583. The number of rotatable bonds is 3. The van der Waals surface area contributed by atoms with Crippen molar-refractivity contribution in [2.75, 3.05) is 0 Å². The van der Waals surface area contributed by atoms with E-state index in [0.29, 0.717) is 11.1 Å². The fraction of sp³-hybridized carbons (Fsp3) is 0. The average molecular weight is 537 g/mol. The van der Waals surface area contributed by atoms with E-state index in [2.05, 4.69) is 60.7 Å². The van der Waals surface area contributed by atoms with E-state index in [-0.39, 0.29) is 0 Å². The van der Waals surface area contributed by atoms with Gasteiger partial charge in [0.05, 0.1) is 23.3 Å². The first-order valence-electron chi connectivity index (χ1n) is 13.6. The standard InChI is InChI=1S/C38H20N2O2/c39-21-23-12-17-35-33(18-23)38-29(9-5-11-36(38)41-35)24-13-15-28(32(19-24)27-7-2-1-6-26(27)22-40)25-14-16-31-30-8-3-4-10-34(30)42-37(31)20-25/h1-20H. The Kier molecular flexibility index (Phi) is 5.22. The molecule has 8 rings (SSSR count). The molecule has 0 spiro atoms. The number of nitrogens with zero attached hydrogens (tertiary/aromatic N) is 2. The summed E-state index contributed by atoms with van der Waals surface area (Å²) in [5.74, 6) is 0. The third kappa shape index (κ3) is 3.60. The van der Waals surface area contributed by atoms with Gasteiger partial charge in [-0.3, -0.25) is 0 Å². The first kappa shape index (κ1) is 23.8. The van der Waals surface area contributed by atoms with Crippen LogP contribution in [0.25, 0.3) is 77.3 Å². The van der Waals surface area contributed by atoms with Crippen LogP contribution in [0.5, 0.6) is 0 Å². The van der Waals surface area contributed by atoms with E-state index in [9.17, 15) is 10.5 Å². The highest BCUT2D eigenvalue weighted by atomic mass is 16.3. The lowest BCUT2D eigenvalue weighted by molar-refractivity contribution is 0.668. The highest BCUT2D eigenvalue weighted by molar-refractivity contribution is 6.13. The molecule has 0 aliphatic rings. The first-order chi connectivity index (χ1) is 20.7. The Morgan fingerprint density at radius 1 is 0.429 bits per heavy atom. The zero-order chi connectivity index (χ0) is 28.2. The molecule has 0 radical (unpaired) electrons. The Morgan fingerprint density at radius 3 is 2.05 bits per heavy atom. The molecule has 194 valence electrons. The predicted molar refractivity (Wildman–Crippen MR) is 167 cm³/mol. The van der Waals surface area contributed by atoms with Gasteiger partial charge in [-0.1, -0.05) is 66.7 Å². The molecule has 0 aliphatic carbocycles. The van der Waals surface area contributed by atoms with Crippen molar-refractivity contribution in [3.8, 4) is 45.5 Å². The van der Waals surface area contributed by atoms with E-state index >= 15 is 0 Å². The van der Waals surface area contributed by atoms with Gasteiger partial charge in [0, 0.05) is 27.1 Å². The number of furan rings is 2. The minimum Gasteiger partial charge on any atom is -0.456 e. The molecule has 6 aromatic carbocycles. The van der Waals surface area contributed by atoms with Crippen LogP contribution in [0.1, 0.15) is 11.1 Å². The van der Waals surface area contributed by atoms with E-state index < -0.39 is 0 Å². The monoisotopic (exact) mass is 536 g/mol. The van der Waals surface area contributed by atoms with Gasteiger partial charge in [-0.05, 0) is 82.4 Å². The zero-order valence-electron chi connectivity index (χ0n) is 22.3. The topological polar surface area (TPSA) is 73.9 Å². The molecule has 0 aliphatic heterocycles. The molecule has 0 atom stereocenters. The van der Waals surface area contributed by atoms with E-state index in [1.807, 2.05) is 66.7 Å². The summed E-state index contributed by atoms with van der Waals surface area (Å²) in [6.07, 6.45) is 0. The summed E-state index contributed by atoms with van der Waals surface area (Å²) in [4.78, 5) is 0. The maximum absolute atomic E-state index is 10.0. The lowest BCUT2D eigenvalue weighted by Crippen LogP contribution is -1.91. The van der Waals surface area contributed by atoms with Crippen molar-refractivity contribution in [2.45, 2.75) is 0 Å². The average Bonchev–Trinajstić information content (AvgIpc) is 3.61. The molecule has 2 aromatic heterocycles. The van der Waals surface area contributed by atoms with Crippen LogP contribution < -0.4 is 0 Å². The van der Waals surface area contributed by atoms with Crippen LogP contribution in [-0.4, -0.2) is 0 Å². The highest BCUT2D eigenvalue weighted by Crippen LogP contribution is 2.42. The van der Waals surface area contributed by atoms with Crippen LogP contribution in [-0.2, 0) is 0 Å². The second-order valence-electron chi connectivity index (χ2n) is 10.3. The minimum absolute atomic E-state index is 0.583. The molecule has 0 fully saturated rings. The van der Waals surface area contributed by atoms with Crippen molar-refractivity contribution >= 4 is 43.9 Å². The molecule has 0 saturated carbocycles. The highest BCUT2D eigenvalue weighted by Gasteiger charge is 2.18. The summed E-state index contributed by atoms with van der Waals surface area (Å²) in [5.41, 5.74) is 10.2. The van der Waals surface area contributed by atoms with E-state index in [0.717, 1.165) is 77.3 Å². The molecule has 0 unspecified atom stereocenters. The zero-order valence-corrected chi connectivity index (χ0v) is 22.3. The summed E-state index contributed by atoms with van der Waals surface area (Å²) in [6, 6.07) is 44.6. The van der Waals surface area contributed by atoms with Gasteiger partial charge < -0.3 is 8.83 Å². The number of para-hydroxylation sites is 1. The summed E-state index contributed by atoms with van der Waals surface area (Å²) in [7, 11) is 0. The number of hydrogen-bond acceptors (Lipinski definition) is 4. The number of hydrogen-bond donors (Lipinski definition) is 0. The molecule has 4 nitrogen and oxygen atoms in total. The van der Waals surface area contributed by atoms with Crippen LogP contribution in [0, 0.1) is 22.7 Å².